The van der Waals surface area contributed by atoms with E-state index in [4.69, 9.17) is 9.47 Å². The molecule has 0 rings (SSSR count). The van der Waals surface area contributed by atoms with Crippen molar-refractivity contribution in [1.82, 2.24) is 0 Å². The van der Waals surface area contributed by atoms with Gasteiger partial charge in [0.1, 0.15) is 6.10 Å². The Hall–Kier alpha value is -1.13. The number of carbonyl (C=O) groups is 1. The third kappa shape index (κ3) is 41.3. The molecule has 4 nitrogen and oxygen atoms in total. The van der Waals surface area contributed by atoms with E-state index in [1.807, 2.05) is 0 Å². The lowest BCUT2D eigenvalue weighted by atomic mass is 10.0. The highest BCUT2D eigenvalue weighted by atomic mass is 16.6. The highest BCUT2D eigenvalue weighted by Crippen LogP contribution is 2.16. The van der Waals surface area contributed by atoms with E-state index in [9.17, 15) is 9.90 Å². The molecule has 0 aliphatic carbocycles. The average Bonchev–Trinajstić information content (AvgIpc) is 3.12. The fourth-order valence-electron chi connectivity index (χ4n) is 6.65. The summed E-state index contributed by atoms with van der Waals surface area (Å²) >= 11 is 0. The van der Waals surface area contributed by atoms with Gasteiger partial charge in [0.15, 0.2) is 0 Å². The van der Waals surface area contributed by atoms with Crippen LogP contribution in [0.25, 0.3) is 0 Å². The van der Waals surface area contributed by atoms with Gasteiger partial charge in [0.2, 0.25) is 0 Å². The van der Waals surface area contributed by atoms with E-state index < -0.39 is 6.10 Å². The molecule has 0 aliphatic rings. The normalized spacial score (nSPS) is 12.5. The van der Waals surface area contributed by atoms with Crippen LogP contribution in [0.5, 0.6) is 0 Å². The van der Waals surface area contributed by atoms with E-state index in [-0.39, 0.29) is 12.6 Å². The molecule has 296 valence electrons. The number of aliphatic hydroxyl groups is 1. The maximum Gasteiger partial charge on any atom is 0.306 e. The summed E-state index contributed by atoms with van der Waals surface area (Å²) in [5, 5.41) is 9.60. The minimum atomic E-state index is -0.535. The molecule has 4 heteroatoms. The van der Waals surface area contributed by atoms with Crippen LogP contribution in [-0.2, 0) is 14.3 Å². The molecular weight excluding hydrogens is 617 g/mol. The summed E-state index contributed by atoms with van der Waals surface area (Å²) in [4.78, 5) is 12.2. The Morgan fingerprint density at radius 2 is 0.840 bits per heavy atom. The van der Waals surface area contributed by atoms with E-state index in [0.717, 1.165) is 25.7 Å². The molecule has 0 aromatic heterocycles. The summed E-state index contributed by atoms with van der Waals surface area (Å²) < 4.78 is 11.2. The van der Waals surface area contributed by atoms with Crippen molar-refractivity contribution in [3.63, 3.8) is 0 Å². The maximum atomic E-state index is 12.2. The standard InChI is InChI=1S/C46H88O4/c1-3-5-7-9-11-13-15-17-19-21-22-23-24-25-26-27-29-31-33-35-37-39-41-46(48)50-45(43-47)44-49-42-40-38-36-34-32-30-28-20-18-16-14-12-10-8-6-4-2/h12,14,18,20,45,47H,3-11,13,15-17,19,21-44H2,1-2H3/b14-12-,20-18-. The molecule has 0 aromatic rings. The molecule has 0 heterocycles. The van der Waals surface area contributed by atoms with Crippen LogP contribution in [-0.4, -0.2) is 37.0 Å². The zero-order valence-electron chi connectivity index (χ0n) is 33.9. The Morgan fingerprint density at radius 3 is 1.28 bits per heavy atom. The molecule has 1 unspecified atom stereocenters. The second-order valence-corrected chi connectivity index (χ2v) is 15.1. The molecule has 0 saturated heterocycles. The lowest BCUT2D eigenvalue weighted by Crippen LogP contribution is -2.27. The van der Waals surface area contributed by atoms with Gasteiger partial charge in [0, 0.05) is 13.0 Å². The first-order valence-electron chi connectivity index (χ1n) is 22.4. The summed E-state index contributed by atoms with van der Waals surface area (Å²) in [6.07, 6.45) is 53.9. The lowest BCUT2D eigenvalue weighted by molar-refractivity contribution is -0.154. The van der Waals surface area contributed by atoms with Gasteiger partial charge in [-0.05, 0) is 44.9 Å². The minimum Gasteiger partial charge on any atom is -0.457 e. The van der Waals surface area contributed by atoms with Gasteiger partial charge < -0.3 is 14.6 Å². The van der Waals surface area contributed by atoms with E-state index in [0.29, 0.717) is 19.6 Å². The number of allylic oxidation sites excluding steroid dienone is 4. The number of hydrogen-bond donors (Lipinski definition) is 1. The van der Waals surface area contributed by atoms with Gasteiger partial charge in [-0.2, -0.15) is 0 Å². The van der Waals surface area contributed by atoms with Crippen LogP contribution >= 0.6 is 0 Å². The van der Waals surface area contributed by atoms with E-state index in [1.54, 1.807) is 0 Å². The third-order valence-electron chi connectivity index (χ3n) is 10.0. The van der Waals surface area contributed by atoms with Gasteiger partial charge in [-0.15, -0.1) is 0 Å². The Balaban J connectivity index is 3.38. The van der Waals surface area contributed by atoms with Gasteiger partial charge in [0.25, 0.3) is 0 Å². The number of rotatable bonds is 42. The number of aliphatic hydroxyl groups excluding tert-OH is 1. The van der Waals surface area contributed by atoms with Crippen LogP contribution in [0, 0.1) is 0 Å². The molecule has 0 aliphatic heterocycles. The molecule has 0 bridgehead atoms. The highest BCUT2D eigenvalue weighted by Gasteiger charge is 2.13. The van der Waals surface area contributed by atoms with Gasteiger partial charge in [-0.1, -0.05) is 212 Å². The van der Waals surface area contributed by atoms with Crippen molar-refractivity contribution < 1.29 is 19.4 Å². The molecule has 1 N–H and O–H groups in total. The second-order valence-electron chi connectivity index (χ2n) is 15.1. The largest absolute Gasteiger partial charge is 0.457 e. The highest BCUT2D eigenvalue weighted by molar-refractivity contribution is 5.69. The molecule has 0 radical (unpaired) electrons. The molecule has 0 fully saturated rings. The molecule has 50 heavy (non-hydrogen) atoms. The minimum absolute atomic E-state index is 0.172. The van der Waals surface area contributed by atoms with Gasteiger partial charge in [-0.25, -0.2) is 0 Å². The van der Waals surface area contributed by atoms with Crippen molar-refractivity contribution in [3.05, 3.63) is 24.3 Å². The molecule has 0 amide bonds. The zero-order chi connectivity index (χ0) is 36.3. The first-order chi connectivity index (χ1) is 24.7. The molecule has 0 spiro atoms. The van der Waals surface area contributed by atoms with Crippen LogP contribution in [0.1, 0.15) is 239 Å². The third-order valence-corrected chi connectivity index (χ3v) is 10.0. The fraction of sp³-hybridized carbons (Fsp3) is 0.891. The van der Waals surface area contributed by atoms with Crippen LogP contribution < -0.4 is 0 Å². The van der Waals surface area contributed by atoms with Crippen LogP contribution in [0.15, 0.2) is 24.3 Å². The van der Waals surface area contributed by atoms with Gasteiger partial charge in [0.05, 0.1) is 13.2 Å². The second kappa shape index (κ2) is 44.0. The van der Waals surface area contributed by atoms with Gasteiger partial charge >= 0.3 is 5.97 Å². The molecule has 0 saturated carbocycles. The average molecular weight is 705 g/mol. The van der Waals surface area contributed by atoms with Crippen molar-refractivity contribution in [2.75, 3.05) is 19.8 Å². The Kier molecular flexibility index (Phi) is 43.0. The maximum absolute atomic E-state index is 12.2. The predicted octanol–water partition coefficient (Wildman–Crippen LogP) is 14.7. The number of unbranched alkanes of at least 4 members (excludes halogenated alkanes) is 30. The Labute approximate surface area is 313 Å². The van der Waals surface area contributed by atoms with Crippen molar-refractivity contribution in [1.29, 1.82) is 0 Å². The first kappa shape index (κ1) is 48.9. The summed E-state index contributed by atoms with van der Waals surface area (Å²) in [6, 6.07) is 0. The first-order valence-corrected chi connectivity index (χ1v) is 22.4. The van der Waals surface area contributed by atoms with Crippen molar-refractivity contribution in [3.8, 4) is 0 Å². The van der Waals surface area contributed by atoms with E-state index >= 15 is 0 Å². The van der Waals surface area contributed by atoms with Crippen molar-refractivity contribution in [2.45, 2.75) is 245 Å². The SMILES string of the molecule is CCCCC/C=C\C/C=C\CCCCCCCCOCC(CO)OC(=O)CCCCCCCCCCCCCCCCCCCCCCCC. The summed E-state index contributed by atoms with van der Waals surface area (Å²) in [5.41, 5.74) is 0. The molecule has 0 aromatic carbocycles. The zero-order valence-corrected chi connectivity index (χ0v) is 33.9. The quantitative estimate of drug-likeness (QED) is 0.0390. The van der Waals surface area contributed by atoms with Crippen LogP contribution in [0.2, 0.25) is 0 Å². The topological polar surface area (TPSA) is 55.8 Å². The fourth-order valence-corrected chi connectivity index (χ4v) is 6.65. The van der Waals surface area contributed by atoms with Crippen LogP contribution in [0.3, 0.4) is 0 Å². The van der Waals surface area contributed by atoms with Crippen molar-refractivity contribution >= 4 is 5.97 Å². The number of hydrogen-bond acceptors (Lipinski definition) is 4. The summed E-state index contributed by atoms with van der Waals surface area (Å²) in [6.45, 7) is 5.34. The Morgan fingerprint density at radius 1 is 0.480 bits per heavy atom. The molecular formula is C46H88O4. The summed E-state index contributed by atoms with van der Waals surface area (Å²) in [7, 11) is 0. The van der Waals surface area contributed by atoms with E-state index in [1.165, 1.54) is 193 Å². The van der Waals surface area contributed by atoms with Gasteiger partial charge in [-0.3, -0.25) is 4.79 Å². The van der Waals surface area contributed by atoms with Crippen LogP contribution in [0.4, 0.5) is 0 Å². The van der Waals surface area contributed by atoms with E-state index in [2.05, 4.69) is 38.2 Å². The monoisotopic (exact) mass is 705 g/mol. The number of carbonyl (C=O) groups excluding carboxylic acids is 1. The predicted molar refractivity (Wildman–Crippen MR) is 219 cm³/mol. The molecule has 1 atom stereocenters. The van der Waals surface area contributed by atoms with Crippen molar-refractivity contribution in [2.24, 2.45) is 0 Å². The smallest absolute Gasteiger partial charge is 0.306 e. The summed E-state index contributed by atoms with van der Waals surface area (Å²) in [5.74, 6) is -0.200. The Bertz CT molecular complexity index is 702. The lowest BCUT2D eigenvalue weighted by Gasteiger charge is -2.15. The number of ether oxygens (including phenoxy) is 2. The number of esters is 1.